The van der Waals surface area contributed by atoms with E-state index in [0.717, 1.165) is 19.5 Å². The van der Waals surface area contributed by atoms with Crippen molar-refractivity contribution < 1.29 is 9.59 Å². The molecule has 0 aromatic carbocycles. The summed E-state index contributed by atoms with van der Waals surface area (Å²) in [5, 5.41) is 0. The van der Waals surface area contributed by atoms with Crippen LogP contribution in [0.5, 0.6) is 0 Å². The van der Waals surface area contributed by atoms with Gasteiger partial charge in [-0.3, -0.25) is 9.59 Å². The molecule has 2 nitrogen and oxygen atoms in total. The van der Waals surface area contributed by atoms with Crippen molar-refractivity contribution >= 4 is 34.2 Å². The molecule has 0 spiro atoms. The predicted octanol–water partition coefficient (Wildman–Crippen LogP) is 4.27. The van der Waals surface area contributed by atoms with E-state index >= 15 is 0 Å². The predicted molar refractivity (Wildman–Crippen MR) is 76.0 cm³/mol. The second-order valence-electron chi connectivity index (χ2n) is 4.17. The number of thiophene rings is 2. The lowest BCUT2D eigenvalue weighted by molar-refractivity contribution is 0.0921. The first-order valence-electron chi connectivity index (χ1n) is 5.75. The van der Waals surface area contributed by atoms with Gasteiger partial charge in [0.2, 0.25) is 0 Å². The molecule has 0 aliphatic heterocycles. The maximum atomic E-state index is 11.9. The van der Waals surface area contributed by atoms with Gasteiger partial charge in [-0.05, 0) is 38.1 Å². The van der Waals surface area contributed by atoms with Crippen LogP contribution in [0.4, 0.5) is 0 Å². The Morgan fingerprint density at radius 1 is 0.833 bits per heavy atom. The van der Waals surface area contributed by atoms with E-state index in [1.165, 1.54) is 22.7 Å². The van der Waals surface area contributed by atoms with Crippen LogP contribution in [0.15, 0.2) is 24.3 Å². The summed E-state index contributed by atoms with van der Waals surface area (Å²) in [4.78, 5) is 27.5. The molecule has 4 heteroatoms. The van der Waals surface area contributed by atoms with Gasteiger partial charge in [-0.25, -0.2) is 0 Å². The first-order valence-corrected chi connectivity index (χ1v) is 7.39. The van der Waals surface area contributed by atoms with E-state index in [0.29, 0.717) is 12.8 Å². The van der Waals surface area contributed by atoms with Crippen LogP contribution in [-0.4, -0.2) is 11.6 Å². The summed E-state index contributed by atoms with van der Waals surface area (Å²) in [6.45, 7) is 3.95. The van der Waals surface area contributed by atoms with E-state index in [2.05, 4.69) is 0 Å². The highest BCUT2D eigenvalue weighted by atomic mass is 32.1. The lowest BCUT2D eigenvalue weighted by Crippen LogP contribution is -2.02. The van der Waals surface area contributed by atoms with Crippen LogP contribution in [0.2, 0.25) is 0 Å². The molecule has 0 fully saturated rings. The Balaban J connectivity index is 1.92. The quantitative estimate of drug-likeness (QED) is 0.765. The lowest BCUT2D eigenvalue weighted by atomic mass is 10.1. The normalized spacial score (nSPS) is 10.6. The zero-order valence-electron chi connectivity index (χ0n) is 10.4. The van der Waals surface area contributed by atoms with Crippen LogP contribution in [0.1, 0.15) is 41.9 Å². The SMILES string of the molecule is Cc1ccc(C(=O)CCC(=O)c2ccc(C)s2)s1. The van der Waals surface area contributed by atoms with Crippen molar-refractivity contribution in [3.05, 3.63) is 43.8 Å². The summed E-state index contributed by atoms with van der Waals surface area (Å²) in [5.74, 6) is 0.129. The molecule has 0 saturated heterocycles. The molecule has 18 heavy (non-hydrogen) atoms. The zero-order valence-corrected chi connectivity index (χ0v) is 12.0. The van der Waals surface area contributed by atoms with Crippen molar-refractivity contribution in [1.82, 2.24) is 0 Å². The molecule has 2 heterocycles. The monoisotopic (exact) mass is 278 g/mol. The molecule has 0 bridgehead atoms. The minimum absolute atomic E-state index is 0.0646. The lowest BCUT2D eigenvalue weighted by Gasteiger charge is -1.97. The molecule has 0 saturated carbocycles. The summed E-state index contributed by atoms with van der Waals surface area (Å²) in [6.07, 6.45) is 0.603. The maximum Gasteiger partial charge on any atom is 0.173 e. The third-order valence-electron chi connectivity index (χ3n) is 2.61. The van der Waals surface area contributed by atoms with Gasteiger partial charge in [0.25, 0.3) is 0 Å². The van der Waals surface area contributed by atoms with Gasteiger partial charge in [-0.2, -0.15) is 0 Å². The van der Waals surface area contributed by atoms with E-state index in [-0.39, 0.29) is 11.6 Å². The van der Waals surface area contributed by atoms with Gasteiger partial charge >= 0.3 is 0 Å². The number of ketones is 2. The van der Waals surface area contributed by atoms with E-state index in [9.17, 15) is 9.59 Å². The summed E-state index contributed by atoms with van der Waals surface area (Å²) >= 11 is 2.98. The van der Waals surface area contributed by atoms with Crippen LogP contribution >= 0.6 is 22.7 Å². The Labute approximate surface area is 114 Å². The molecular formula is C14H14O2S2. The van der Waals surface area contributed by atoms with Crippen molar-refractivity contribution in [1.29, 1.82) is 0 Å². The number of hydrogen-bond donors (Lipinski definition) is 0. The minimum atomic E-state index is 0.0646. The van der Waals surface area contributed by atoms with Crippen LogP contribution in [0.3, 0.4) is 0 Å². The number of rotatable bonds is 5. The molecule has 2 rings (SSSR count). The molecule has 2 aromatic rings. The van der Waals surface area contributed by atoms with Crippen LogP contribution in [0, 0.1) is 13.8 Å². The molecule has 0 atom stereocenters. The fourth-order valence-corrected chi connectivity index (χ4v) is 3.31. The second kappa shape index (κ2) is 5.59. The van der Waals surface area contributed by atoms with E-state index in [1.54, 1.807) is 0 Å². The highest BCUT2D eigenvalue weighted by molar-refractivity contribution is 7.14. The molecule has 0 amide bonds. The molecule has 2 aromatic heterocycles. The van der Waals surface area contributed by atoms with Gasteiger partial charge < -0.3 is 0 Å². The van der Waals surface area contributed by atoms with E-state index in [4.69, 9.17) is 0 Å². The van der Waals surface area contributed by atoms with Crippen LogP contribution < -0.4 is 0 Å². The van der Waals surface area contributed by atoms with Gasteiger partial charge in [-0.15, -0.1) is 22.7 Å². The van der Waals surface area contributed by atoms with E-state index in [1.807, 2.05) is 38.1 Å². The number of carbonyl (C=O) groups is 2. The Hall–Kier alpha value is -1.26. The Morgan fingerprint density at radius 3 is 1.50 bits per heavy atom. The zero-order chi connectivity index (χ0) is 13.1. The van der Waals surface area contributed by atoms with Gasteiger partial charge in [0.1, 0.15) is 0 Å². The third kappa shape index (κ3) is 3.15. The maximum absolute atomic E-state index is 11.9. The van der Waals surface area contributed by atoms with E-state index < -0.39 is 0 Å². The van der Waals surface area contributed by atoms with Crippen molar-refractivity contribution in [2.75, 3.05) is 0 Å². The smallest absolute Gasteiger partial charge is 0.173 e. The fraction of sp³-hybridized carbons (Fsp3) is 0.286. The average molecular weight is 278 g/mol. The van der Waals surface area contributed by atoms with Gasteiger partial charge in [-0.1, -0.05) is 0 Å². The molecular weight excluding hydrogens is 264 g/mol. The van der Waals surface area contributed by atoms with Crippen molar-refractivity contribution in [3.8, 4) is 0 Å². The Kier molecular flexibility index (Phi) is 4.09. The highest BCUT2D eigenvalue weighted by Crippen LogP contribution is 2.20. The molecule has 94 valence electrons. The van der Waals surface area contributed by atoms with Crippen molar-refractivity contribution in [2.24, 2.45) is 0 Å². The molecule has 0 unspecified atom stereocenters. The number of carbonyl (C=O) groups excluding carboxylic acids is 2. The molecule has 0 aliphatic carbocycles. The third-order valence-corrected chi connectivity index (χ3v) is 4.69. The average Bonchev–Trinajstić information content (AvgIpc) is 2.94. The standard InChI is InChI=1S/C14H14O2S2/c1-9-3-7-13(17-9)11(15)5-6-12(16)14-8-4-10(2)18-14/h3-4,7-8H,5-6H2,1-2H3. The van der Waals surface area contributed by atoms with Crippen LogP contribution in [-0.2, 0) is 0 Å². The highest BCUT2D eigenvalue weighted by Gasteiger charge is 2.13. The largest absolute Gasteiger partial charge is 0.293 e. The number of aryl methyl sites for hydroxylation is 2. The summed E-state index contributed by atoms with van der Waals surface area (Å²) < 4.78 is 0. The summed E-state index contributed by atoms with van der Waals surface area (Å²) in [5.41, 5.74) is 0. The van der Waals surface area contributed by atoms with Gasteiger partial charge in [0.05, 0.1) is 9.75 Å². The topological polar surface area (TPSA) is 34.1 Å². The summed E-state index contributed by atoms with van der Waals surface area (Å²) in [6, 6.07) is 7.54. The number of Topliss-reactive ketones (excluding diaryl/α,β-unsaturated/α-hetero) is 2. The minimum Gasteiger partial charge on any atom is -0.293 e. The first kappa shape index (κ1) is 13.2. The number of hydrogen-bond acceptors (Lipinski definition) is 4. The molecule has 0 radical (unpaired) electrons. The molecule has 0 aliphatic rings. The van der Waals surface area contributed by atoms with Crippen LogP contribution in [0.25, 0.3) is 0 Å². The summed E-state index contributed by atoms with van der Waals surface area (Å²) in [7, 11) is 0. The Bertz CT molecular complexity index is 526. The van der Waals surface area contributed by atoms with Crippen molar-refractivity contribution in [2.45, 2.75) is 26.7 Å². The van der Waals surface area contributed by atoms with Crippen molar-refractivity contribution in [3.63, 3.8) is 0 Å². The van der Waals surface area contributed by atoms with Gasteiger partial charge in [0, 0.05) is 22.6 Å². The Morgan fingerprint density at radius 2 is 1.22 bits per heavy atom. The second-order valence-corrected chi connectivity index (χ2v) is 6.74. The fourth-order valence-electron chi connectivity index (χ4n) is 1.64. The van der Waals surface area contributed by atoms with Gasteiger partial charge in [0.15, 0.2) is 11.6 Å². The molecule has 0 N–H and O–H groups in total. The first-order chi connectivity index (χ1) is 8.56.